The van der Waals surface area contributed by atoms with Gasteiger partial charge in [-0.3, -0.25) is 4.90 Å². The fourth-order valence-corrected chi connectivity index (χ4v) is 4.50. The molecule has 0 aromatic heterocycles. The van der Waals surface area contributed by atoms with Crippen LogP contribution in [0.25, 0.3) is 0 Å². The Morgan fingerprint density at radius 1 is 1.06 bits per heavy atom. The SMILES string of the molecule is CCOc1cc(CNCC2CCCN2CC)cc(Br)c1OCc1ccc(C)cc1.Cl.Cl. The summed E-state index contributed by atoms with van der Waals surface area (Å²) in [7, 11) is 0. The molecule has 1 saturated heterocycles. The molecule has 1 aliphatic heterocycles. The Labute approximate surface area is 208 Å². The summed E-state index contributed by atoms with van der Waals surface area (Å²) in [5, 5.41) is 3.63. The van der Waals surface area contributed by atoms with Crippen LogP contribution in [0.2, 0.25) is 0 Å². The van der Waals surface area contributed by atoms with E-state index in [-0.39, 0.29) is 24.8 Å². The van der Waals surface area contributed by atoms with Crippen LogP contribution >= 0.6 is 40.7 Å². The summed E-state index contributed by atoms with van der Waals surface area (Å²) in [6.07, 6.45) is 2.60. The van der Waals surface area contributed by atoms with Crippen LogP contribution in [0.15, 0.2) is 40.9 Å². The molecule has 0 radical (unpaired) electrons. The second kappa shape index (κ2) is 14.2. The maximum atomic E-state index is 6.12. The van der Waals surface area contributed by atoms with E-state index >= 15 is 0 Å². The van der Waals surface area contributed by atoms with E-state index in [0.29, 0.717) is 19.3 Å². The van der Waals surface area contributed by atoms with Gasteiger partial charge in [0.1, 0.15) is 6.61 Å². The molecule has 174 valence electrons. The van der Waals surface area contributed by atoms with Gasteiger partial charge in [0, 0.05) is 19.1 Å². The number of aryl methyl sites for hydroxylation is 1. The Balaban J connectivity index is 0.00000240. The summed E-state index contributed by atoms with van der Waals surface area (Å²) in [4.78, 5) is 2.57. The minimum atomic E-state index is 0. The van der Waals surface area contributed by atoms with Crippen LogP contribution in [0.1, 0.15) is 43.4 Å². The summed E-state index contributed by atoms with van der Waals surface area (Å²) in [5.41, 5.74) is 3.60. The van der Waals surface area contributed by atoms with Crippen LogP contribution < -0.4 is 14.8 Å². The van der Waals surface area contributed by atoms with Gasteiger partial charge >= 0.3 is 0 Å². The van der Waals surface area contributed by atoms with Gasteiger partial charge in [-0.15, -0.1) is 24.8 Å². The van der Waals surface area contributed by atoms with Crippen molar-refractivity contribution in [1.82, 2.24) is 10.2 Å². The first-order valence-corrected chi connectivity index (χ1v) is 11.5. The van der Waals surface area contributed by atoms with Crippen LogP contribution in [0, 0.1) is 6.92 Å². The van der Waals surface area contributed by atoms with Gasteiger partial charge in [0.05, 0.1) is 11.1 Å². The molecular weight excluding hydrogens is 499 g/mol. The highest BCUT2D eigenvalue weighted by molar-refractivity contribution is 9.10. The predicted molar refractivity (Wildman–Crippen MR) is 137 cm³/mol. The lowest BCUT2D eigenvalue weighted by molar-refractivity contribution is 0.259. The molecule has 0 aliphatic carbocycles. The van der Waals surface area contributed by atoms with Gasteiger partial charge in [0.2, 0.25) is 0 Å². The van der Waals surface area contributed by atoms with E-state index in [2.05, 4.69) is 76.4 Å². The van der Waals surface area contributed by atoms with Gasteiger partial charge in [-0.05, 0) is 79.0 Å². The Morgan fingerprint density at radius 2 is 1.81 bits per heavy atom. The number of hydrogen-bond acceptors (Lipinski definition) is 4. The molecule has 3 rings (SSSR count). The molecule has 4 nitrogen and oxygen atoms in total. The van der Waals surface area contributed by atoms with Gasteiger partial charge in [0.15, 0.2) is 11.5 Å². The fraction of sp³-hybridized carbons (Fsp3) is 0.500. The number of rotatable bonds is 10. The molecule has 1 heterocycles. The van der Waals surface area contributed by atoms with Crippen molar-refractivity contribution in [2.24, 2.45) is 0 Å². The van der Waals surface area contributed by atoms with Crippen molar-refractivity contribution >= 4 is 40.7 Å². The van der Waals surface area contributed by atoms with E-state index in [0.717, 1.165) is 41.2 Å². The van der Waals surface area contributed by atoms with Gasteiger partial charge in [-0.1, -0.05) is 36.8 Å². The van der Waals surface area contributed by atoms with Crippen LogP contribution in [-0.2, 0) is 13.2 Å². The van der Waals surface area contributed by atoms with Crippen molar-refractivity contribution < 1.29 is 9.47 Å². The van der Waals surface area contributed by atoms with E-state index in [1.807, 2.05) is 6.92 Å². The van der Waals surface area contributed by atoms with Crippen LogP contribution in [0.4, 0.5) is 0 Å². The number of nitrogens with one attached hydrogen (secondary N) is 1. The van der Waals surface area contributed by atoms with Crippen LogP contribution in [-0.4, -0.2) is 37.2 Å². The zero-order chi connectivity index (χ0) is 20.6. The van der Waals surface area contributed by atoms with Gasteiger partial charge < -0.3 is 14.8 Å². The standard InChI is InChI=1S/C24H33BrN2O2.2ClH/c1-4-27-12-6-7-21(27)16-26-15-20-13-22(25)24(23(14-20)28-5-2)29-17-19-10-8-18(3)9-11-19;;/h8-11,13-14,21,26H,4-7,12,15-17H2,1-3H3;2*1H. The van der Waals surface area contributed by atoms with Crippen LogP contribution in [0.3, 0.4) is 0 Å². The average molecular weight is 534 g/mol. The third kappa shape index (κ3) is 8.14. The molecule has 1 atom stereocenters. The lowest BCUT2D eigenvalue weighted by atomic mass is 10.1. The lowest BCUT2D eigenvalue weighted by Gasteiger charge is -2.23. The quantitative estimate of drug-likeness (QED) is 0.397. The number of likely N-dealkylation sites (tertiary alicyclic amines) is 1. The Bertz CT molecular complexity index is 790. The number of ether oxygens (including phenoxy) is 2. The van der Waals surface area contributed by atoms with Crippen LogP contribution in [0.5, 0.6) is 11.5 Å². The van der Waals surface area contributed by atoms with E-state index in [1.165, 1.54) is 30.5 Å². The van der Waals surface area contributed by atoms with Crippen molar-refractivity contribution in [1.29, 1.82) is 0 Å². The number of benzene rings is 2. The summed E-state index contributed by atoms with van der Waals surface area (Å²) in [5.74, 6) is 1.56. The molecule has 0 amide bonds. The highest BCUT2D eigenvalue weighted by atomic mass is 79.9. The van der Waals surface area contributed by atoms with E-state index in [1.54, 1.807) is 0 Å². The topological polar surface area (TPSA) is 33.7 Å². The highest BCUT2D eigenvalue weighted by Crippen LogP contribution is 2.37. The molecule has 1 unspecified atom stereocenters. The third-order valence-electron chi connectivity index (χ3n) is 5.49. The first-order chi connectivity index (χ1) is 14.1. The van der Waals surface area contributed by atoms with Gasteiger partial charge in [-0.2, -0.15) is 0 Å². The number of hydrogen-bond donors (Lipinski definition) is 1. The maximum Gasteiger partial charge on any atom is 0.175 e. The summed E-state index contributed by atoms with van der Waals surface area (Å²) in [6, 6.07) is 13.3. The normalized spacial score (nSPS) is 15.8. The Kier molecular flexibility index (Phi) is 12.9. The summed E-state index contributed by atoms with van der Waals surface area (Å²) >= 11 is 3.69. The predicted octanol–water partition coefficient (Wildman–Crippen LogP) is 6.15. The van der Waals surface area contributed by atoms with E-state index < -0.39 is 0 Å². The molecular formula is C24H35BrCl2N2O2. The zero-order valence-corrected chi connectivity index (χ0v) is 21.9. The lowest BCUT2D eigenvalue weighted by Crippen LogP contribution is -2.37. The molecule has 1 fully saturated rings. The highest BCUT2D eigenvalue weighted by Gasteiger charge is 2.22. The molecule has 31 heavy (non-hydrogen) atoms. The number of nitrogens with zero attached hydrogens (tertiary/aromatic N) is 1. The fourth-order valence-electron chi connectivity index (χ4n) is 3.89. The zero-order valence-electron chi connectivity index (χ0n) is 18.7. The van der Waals surface area contributed by atoms with Gasteiger partial charge in [0.25, 0.3) is 0 Å². The van der Waals surface area contributed by atoms with Crippen molar-refractivity contribution in [3.63, 3.8) is 0 Å². The van der Waals surface area contributed by atoms with E-state index in [4.69, 9.17) is 9.47 Å². The molecule has 2 aromatic rings. The van der Waals surface area contributed by atoms with Gasteiger partial charge in [-0.25, -0.2) is 0 Å². The third-order valence-corrected chi connectivity index (χ3v) is 6.08. The smallest absolute Gasteiger partial charge is 0.175 e. The molecule has 1 aliphatic rings. The summed E-state index contributed by atoms with van der Waals surface area (Å²) in [6.45, 7) is 11.7. The molecule has 0 saturated carbocycles. The van der Waals surface area contributed by atoms with Crippen molar-refractivity contribution in [2.75, 3.05) is 26.2 Å². The molecule has 2 aromatic carbocycles. The molecule has 0 spiro atoms. The van der Waals surface area contributed by atoms with Crippen molar-refractivity contribution in [3.8, 4) is 11.5 Å². The number of halogens is 3. The first-order valence-electron chi connectivity index (χ1n) is 10.7. The first kappa shape index (κ1) is 28.1. The minimum Gasteiger partial charge on any atom is -0.490 e. The minimum absolute atomic E-state index is 0. The Morgan fingerprint density at radius 3 is 2.48 bits per heavy atom. The Hall–Kier alpha value is -0.980. The average Bonchev–Trinajstić information content (AvgIpc) is 3.16. The monoisotopic (exact) mass is 532 g/mol. The molecule has 7 heteroatoms. The summed E-state index contributed by atoms with van der Waals surface area (Å²) < 4.78 is 12.9. The van der Waals surface area contributed by atoms with Crippen molar-refractivity contribution in [3.05, 3.63) is 57.6 Å². The second-order valence-corrected chi connectivity index (χ2v) is 8.52. The second-order valence-electron chi connectivity index (χ2n) is 7.67. The molecule has 1 N–H and O–H groups in total. The largest absolute Gasteiger partial charge is 0.490 e. The van der Waals surface area contributed by atoms with E-state index in [9.17, 15) is 0 Å². The maximum absolute atomic E-state index is 6.12. The molecule has 0 bridgehead atoms. The number of likely N-dealkylation sites (N-methyl/N-ethyl adjacent to an activating group) is 1. The van der Waals surface area contributed by atoms with Crippen molar-refractivity contribution in [2.45, 2.75) is 52.8 Å².